The number of anilines is 1. The molecule has 0 fully saturated rings. The minimum absolute atomic E-state index is 0.384. The van der Waals surface area contributed by atoms with Crippen molar-refractivity contribution in [2.45, 2.75) is 5.78 Å². The van der Waals surface area contributed by atoms with Crippen LogP contribution in [0.4, 0.5) is 10.1 Å². The number of para-hydroxylation sites is 3. The highest BCUT2D eigenvalue weighted by molar-refractivity contribution is 7.55. The summed E-state index contributed by atoms with van der Waals surface area (Å²) in [5.41, 5.74) is 1.30. The number of hydrogen-bond donors (Lipinski definition) is 1. The van der Waals surface area contributed by atoms with Gasteiger partial charge in [-0.15, -0.1) is 0 Å². The second-order valence-electron chi connectivity index (χ2n) is 6.81. The highest BCUT2D eigenvalue weighted by Crippen LogP contribution is 2.60. The molecular weight excluding hydrogens is 412 g/mol. The fourth-order valence-electron chi connectivity index (χ4n) is 3.06. The Morgan fingerprint density at radius 2 is 1.10 bits per heavy atom. The Kier molecular flexibility index (Phi) is 6.34. The van der Waals surface area contributed by atoms with Gasteiger partial charge in [-0.25, -0.2) is 8.96 Å². The molecule has 0 aliphatic rings. The number of nitrogens with one attached hydrogen (secondary N) is 1. The Balaban J connectivity index is 1.79. The first-order valence-corrected chi connectivity index (χ1v) is 11.4. The van der Waals surface area contributed by atoms with Gasteiger partial charge < -0.3 is 14.4 Å². The Morgan fingerprint density at radius 3 is 1.58 bits per heavy atom. The van der Waals surface area contributed by atoms with Crippen LogP contribution in [-0.4, -0.2) is 0 Å². The molecule has 0 aliphatic carbocycles. The predicted octanol–water partition coefficient (Wildman–Crippen LogP) is 7.29. The number of benzene rings is 4. The molecule has 0 aromatic heterocycles. The molecule has 1 atom stereocenters. The normalized spacial score (nSPS) is 12.0. The first-order valence-electron chi connectivity index (χ1n) is 9.78. The quantitative estimate of drug-likeness (QED) is 0.297. The minimum atomic E-state index is -3.91. The lowest BCUT2D eigenvalue weighted by Gasteiger charge is -2.29. The molecule has 4 nitrogen and oxygen atoms in total. The van der Waals surface area contributed by atoms with Crippen LogP contribution in [0, 0.1) is 5.82 Å². The zero-order valence-electron chi connectivity index (χ0n) is 16.6. The van der Waals surface area contributed by atoms with Crippen molar-refractivity contribution in [3.8, 4) is 11.5 Å². The summed E-state index contributed by atoms with van der Waals surface area (Å²) in [4.78, 5) is 0. The van der Waals surface area contributed by atoms with Crippen molar-refractivity contribution in [3.05, 3.63) is 127 Å². The molecule has 4 aromatic rings. The monoisotopic (exact) mass is 433 g/mol. The second-order valence-corrected chi connectivity index (χ2v) is 8.77. The molecule has 4 rings (SSSR count). The van der Waals surface area contributed by atoms with Crippen LogP contribution in [0.15, 0.2) is 115 Å². The zero-order valence-corrected chi connectivity index (χ0v) is 17.5. The number of rotatable bonds is 8. The van der Waals surface area contributed by atoms with E-state index in [1.165, 1.54) is 12.1 Å². The van der Waals surface area contributed by atoms with Crippen LogP contribution in [0.3, 0.4) is 0 Å². The van der Waals surface area contributed by atoms with Crippen molar-refractivity contribution in [3.63, 3.8) is 0 Å². The van der Waals surface area contributed by atoms with E-state index in [2.05, 4.69) is 5.32 Å². The summed E-state index contributed by atoms with van der Waals surface area (Å²) in [6, 6.07) is 32.8. The lowest BCUT2D eigenvalue weighted by Crippen LogP contribution is -2.18. The third-order valence-electron chi connectivity index (χ3n) is 4.53. The maximum absolute atomic E-state index is 14.3. The van der Waals surface area contributed by atoms with Gasteiger partial charge in [-0.2, -0.15) is 0 Å². The Morgan fingerprint density at radius 1 is 0.645 bits per heavy atom. The van der Waals surface area contributed by atoms with Crippen molar-refractivity contribution < 1.29 is 18.0 Å². The topological polar surface area (TPSA) is 47.6 Å². The largest absolute Gasteiger partial charge is 0.457 e. The van der Waals surface area contributed by atoms with E-state index in [1.54, 1.807) is 60.7 Å². The van der Waals surface area contributed by atoms with E-state index in [0.29, 0.717) is 17.1 Å². The Hall–Kier alpha value is -3.56. The predicted molar refractivity (Wildman–Crippen MR) is 121 cm³/mol. The van der Waals surface area contributed by atoms with E-state index in [9.17, 15) is 8.96 Å². The van der Waals surface area contributed by atoms with Gasteiger partial charge in [0, 0.05) is 5.69 Å². The highest BCUT2D eigenvalue weighted by Gasteiger charge is 2.41. The average molecular weight is 433 g/mol. The van der Waals surface area contributed by atoms with E-state index < -0.39 is 13.4 Å². The molecular formula is C25H21FNO3P. The van der Waals surface area contributed by atoms with Gasteiger partial charge in [-0.05, 0) is 54.1 Å². The van der Waals surface area contributed by atoms with Crippen LogP contribution in [0.25, 0.3) is 0 Å². The summed E-state index contributed by atoms with van der Waals surface area (Å²) in [5.74, 6) is -0.464. The molecule has 156 valence electrons. The molecule has 0 saturated carbocycles. The highest BCUT2D eigenvalue weighted by atomic mass is 31.2. The lowest BCUT2D eigenvalue weighted by atomic mass is 10.2. The molecule has 0 heterocycles. The Labute approximate surface area is 180 Å². The van der Waals surface area contributed by atoms with Crippen LogP contribution < -0.4 is 14.4 Å². The van der Waals surface area contributed by atoms with E-state index >= 15 is 0 Å². The molecule has 0 radical (unpaired) electrons. The smallest absolute Gasteiger partial charge is 0.414 e. The van der Waals surface area contributed by atoms with Crippen molar-refractivity contribution in [2.75, 3.05) is 5.32 Å². The van der Waals surface area contributed by atoms with Crippen LogP contribution in [0.1, 0.15) is 11.3 Å². The van der Waals surface area contributed by atoms with E-state index in [0.717, 1.165) is 5.69 Å². The molecule has 0 unspecified atom stereocenters. The molecule has 0 aliphatic heterocycles. The van der Waals surface area contributed by atoms with E-state index in [4.69, 9.17) is 9.05 Å². The summed E-state index contributed by atoms with van der Waals surface area (Å²) in [6.07, 6.45) is 0. The fourth-order valence-corrected chi connectivity index (χ4v) is 4.99. The van der Waals surface area contributed by atoms with E-state index in [-0.39, 0.29) is 5.82 Å². The molecule has 31 heavy (non-hydrogen) atoms. The maximum atomic E-state index is 14.3. The first-order chi connectivity index (χ1) is 15.1. The van der Waals surface area contributed by atoms with Crippen LogP contribution in [0.5, 0.6) is 11.5 Å². The standard InChI is InChI=1S/C25H21FNO3P/c26-21-18-16-20(17-19-21)25(27-22-10-4-1-5-11-22)31(28,29-23-12-6-2-7-13-23)30-24-14-8-3-9-15-24/h1-19,25,27H/t25-/m1/s1. The zero-order chi connectivity index (χ0) is 21.5. The molecule has 0 amide bonds. The fraction of sp³-hybridized carbons (Fsp3) is 0.0400. The summed E-state index contributed by atoms with van der Waals surface area (Å²) >= 11 is 0. The Bertz CT molecular complexity index is 1090. The maximum Gasteiger partial charge on any atom is 0.457 e. The van der Waals surface area contributed by atoms with Crippen molar-refractivity contribution in [2.24, 2.45) is 0 Å². The summed E-state index contributed by atoms with van der Waals surface area (Å²) in [7, 11) is -3.91. The average Bonchev–Trinajstić information content (AvgIpc) is 2.80. The lowest BCUT2D eigenvalue weighted by molar-refractivity contribution is 0.376. The first kappa shape index (κ1) is 20.7. The van der Waals surface area contributed by atoms with Gasteiger partial charge in [0.2, 0.25) is 0 Å². The molecule has 6 heteroatoms. The van der Waals surface area contributed by atoms with Gasteiger partial charge in [0.15, 0.2) is 5.78 Å². The van der Waals surface area contributed by atoms with Crippen LogP contribution >= 0.6 is 7.60 Å². The van der Waals surface area contributed by atoms with Crippen molar-refractivity contribution >= 4 is 13.3 Å². The molecule has 0 saturated heterocycles. The third-order valence-corrected chi connectivity index (χ3v) is 6.52. The minimum Gasteiger partial charge on any atom is -0.414 e. The SMILES string of the molecule is O=P(Oc1ccccc1)(Oc1ccccc1)[C@@H](Nc1ccccc1)c1ccc(F)cc1. The molecule has 0 bridgehead atoms. The third kappa shape index (κ3) is 5.33. The van der Waals surface area contributed by atoms with Gasteiger partial charge in [-0.3, -0.25) is 0 Å². The second kappa shape index (κ2) is 9.50. The number of hydrogen-bond acceptors (Lipinski definition) is 4. The van der Waals surface area contributed by atoms with E-state index in [1.807, 2.05) is 42.5 Å². The van der Waals surface area contributed by atoms with Crippen molar-refractivity contribution in [1.29, 1.82) is 0 Å². The summed E-state index contributed by atoms with van der Waals surface area (Å²) in [6.45, 7) is 0. The summed E-state index contributed by atoms with van der Waals surface area (Å²) < 4.78 is 40.0. The molecule has 4 aromatic carbocycles. The van der Waals surface area contributed by atoms with Gasteiger partial charge in [0.25, 0.3) is 0 Å². The number of halogens is 1. The van der Waals surface area contributed by atoms with Crippen LogP contribution in [-0.2, 0) is 4.57 Å². The van der Waals surface area contributed by atoms with Gasteiger partial charge in [0.05, 0.1) is 0 Å². The summed E-state index contributed by atoms with van der Waals surface area (Å²) in [5, 5.41) is 3.26. The van der Waals surface area contributed by atoms with Crippen LogP contribution in [0.2, 0.25) is 0 Å². The van der Waals surface area contributed by atoms with Gasteiger partial charge in [-0.1, -0.05) is 66.7 Å². The van der Waals surface area contributed by atoms with Gasteiger partial charge in [0.1, 0.15) is 17.3 Å². The molecule has 1 N–H and O–H groups in total. The molecule has 0 spiro atoms. The van der Waals surface area contributed by atoms with Gasteiger partial charge >= 0.3 is 7.60 Å². The van der Waals surface area contributed by atoms with Crippen molar-refractivity contribution in [1.82, 2.24) is 0 Å².